The van der Waals surface area contributed by atoms with Crippen molar-refractivity contribution >= 4 is 35.2 Å². The van der Waals surface area contributed by atoms with E-state index in [-0.39, 0.29) is 5.95 Å². The second kappa shape index (κ2) is 6.23. The number of nitrogens with zero attached hydrogens (tertiary/aromatic N) is 3. The minimum absolute atomic E-state index is 0.115. The highest BCUT2D eigenvalue weighted by molar-refractivity contribution is 7.12. The predicted octanol–water partition coefficient (Wildman–Crippen LogP) is 1.90. The Hall–Kier alpha value is -2.61. The van der Waals surface area contributed by atoms with E-state index in [1.807, 2.05) is 0 Å². The SMILES string of the molecule is Cc1nnc(NC(=O)c2sccc2/C=C/C(=O)O)nc1C. The molecule has 0 saturated heterocycles. The quantitative estimate of drug-likeness (QED) is 0.836. The molecule has 2 heterocycles. The molecule has 21 heavy (non-hydrogen) atoms. The molecule has 0 atom stereocenters. The van der Waals surface area contributed by atoms with Crippen molar-refractivity contribution in [3.8, 4) is 0 Å². The fraction of sp³-hybridized carbons (Fsp3) is 0.154. The lowest BCUT2D eigenvalue weighted by atomic mass is 10.2. The average Bonchev–Trinajstić information content (AvgIpc) is 2.89. The van der Waals surface area contributed by atoms with Crippen LogP contribution in [0.15, 0.2) is 17.5 Å². The number of carboxylic acid groups (broad SMARTS) is 1. The highest BCUT2D eigenvalue weighted by atomic mass is 32.1. The van der Waals surface area contributed by atoms with Gasteiger partial charge in [0.1, 0.15) is 0 Å². The Morgan fingerprint density at radius 3 is 2.71 bits per heavy atom. The van der Waals surface area contributed by atoms with Crippen molar-refractivity contribution in [2.75, 3.05) is 5.32 Å². The molecule has 0 fully saturated rings. The smallest absolute Gasteiger partial charge is 0.328 e. The molecular weight excluding hydrogens is 292 g/mol. The molecule has 0 aliphatic carbocycles. The summed E-state index contributed by atoms with van der Waals surface area (Å²) in [6, 6.07) is 1.67. The molecule has 8 heteroatoms. The number of carboxylic acids is 1. The molecule has 2 rings (SSSR count). The summed E-state index contributed by atoms with van der Waals surface area (Å²) in [4.78, 5) is 27.2. The molecule has 1 amide bonds. The number of hydrogen-bond donors (Lipinski definition) is 2. The molecule has 2 N–H and O–H groups in total. The van der Waals surface area contributed by atoms with Crippen LogP contribution in [0.2, 0.25) is 0 Å². The first kappa shape index (κ1) is 14.8. The van der Waals surface area contributed by atoms with Crippen LogP contribution in [-0.4, -0.2) is 32.2 Å². The molecule has 0 saturated carbocycles. The van der Waals surface area contributed by atoms with E-state index in [4.69, 9.17) is 5.11 Å². The largest absolute Gasteiger partial charge is 0.478 e. The van der Waals surface area contributed by atoms with E-state index in [0.717, 1.165) is 6.08 Å². The zero-order chi connectivity index (χ0) is 15.4. The molecular formula is C13H12N4O3S. The molecule has 2 aromatic rings. The maximum absolute atomic E-state index is 12.1. The summed E-state index contributed by atoms with van der Waals surface area (Å²) >= 11 is 1.20. The molecule has 2 aromatic heterocycles. The highest BCUT2D eigenvalue weighted by Crippen LogP contribution is 2.19. The van der Waals surface area contributed by atoms with Crippen LogP contribution in [0.1, 0.15) is 26.6 Å². The van der Waals surface area contributed by atoms with E-state index in [0.29, 0.717) is 21.8 Å². The maximum atomic E-state index is 12.1. The third-order valence-electron chi connectivity index (χ3n) is 2.62. The van der Waals surface area contributed by atoms with Crippen molar-refractivity contribution in [3.63, 3.8) is 0 Å². The summed E-state index contributed by atoms with van der Waals surface area (Å²) < 4.78 is 0. The fourth-order valence-corrected chi connectivity index (χ4v) is 2.25. The lowest BCUT2D eigenvalue weighted by Crippen LogP contribution is -2.15. The van der Waals surface area contributed by atoms with E-state index in [1.165, 1.54) is 17.4 Å². The van der Waals surface area contributed by atoms with Crippen molar-refractivity contribution in [1.29, 1.82) is 0 Å². The van der Waals surface area contributed by atoms with Crippen LogP contribution >= 0.6 is 11.3 Å². The van der Waals surface area contributed by atoms with Gasteiger partial charge in [-0.3, -0.25) is 10.1 Å². The number of rotatable bonds is 4. The fourth-order valence-electron chi connectivity index (χ4n) is 1.46. The zero-order valence-corrected chi connectivity index (χ0v) is 12.1. The van der Waals surface area contributed by atoms with Gasteiger partial charge in [-0.15, -0.1) is 16.4 Å². The van der Waals surface area contributed by atoms with E-state index in [2.05, 4.69) is 20.5 Å². The number of carbonyl (C=O) groups excluding carboxylic acids is 1. The van der Waals surface area contributed by atoms with Crippen molar-refractivity contribution in [3.05, 3.63) is 39.4 Å². The second-order valence-corrected chi connectivity index (χ2v) is 5.05. The first-order valence-electron chi connectivity index (χ1n) is 5.95. The van der Waals surface area contributed by atoms with Gasteiger partial charge < -0.3 is 5.11 Å². The Balaban J connectivity index is 2.19. The number of nitrogens with one attached hydrogen (secondary N) is 1. The van der Waals surface area contributed by atoms with Gasteiger partial charge >= 0.3 is 5.97 Å². The Labute approximate surface area is 124 Å². The first-order valence-corrected chi connectivity index (χ1v) is 6.83. The van der Waals surface area contributed by atoms with Crippen LogP contribution in [0.3, 0.4) is 0 Å². The van der Waals surface area contributed by atoms with E-state index >= 15 is 0 Å². The summed E-state index contributed by atoms with van der Waals surface area (Å²) in [7, 11) is 0. The number of thiophene rings is 1. The van der Waals surface area contributed by atoms with Gasteiger partial charge in [0.2, 0.25) is 5.95 Å². The summed E-state index contributed by atoms with van der Waals surface area (Å²) in [5.74, 6) is -1.36. The molecule has 0 aliphatic rings. The van der Waals surface area contributed by atoms with Crippen molar-refractivity contribution in [2.45, 2.75) is 13.8 Å². The summed E-state index contributed by atoms with van der Waals surface area (Å²) in [6.45, 7) is 3.54. The predicted molar refractivity (Wildman–Crippen MR) is 78.2 cm³/mol. The van der Waals surface area contributed by atoms with Crippen molar-refractivity contribution in [1.82, 2.24) is 15.2 Å². The van der Waals surface area contributed by atoms with Gasteiger partial charge in [0, 0.05) is 6.08 Å². The maximum Gasteiger partial charge on any atom is 0.328 e. The van der Waals surface area contributed by atoms with E-state index in [9.17, 15) is 9.59 Å². The second-order valence-electron chi connectivity index (χ2n) is 4.14. The number of amides is 1. The van der Waals surface area contributed by atoms with Gasteiger partial charge in [-0.1, -0.05) is 0 Å². The molecule has 0 spiro atoms. The summed E-state index contributed by atoms with van der Waals surface area (Å²) in [5, 5.41) is 20.5. The topological polar surface area (TPSA) is 105 Å². The van der Waals surface area contributed by atoms with Crippen LogP contribution in [-0.2, 0) is 4.79 Å². The van der Waals surface area contributed by atoms with Crippen molar-refractivity contribution in [2.24, 2.45) is 0 Å². The van der Waals surface area contributed by atoms with Crippen LogP contribution in [0, 0.1) is 13.8 Å². The zero-order valence-electron chi connectivity index (χ0n) is 11.3. The minimum atomic E-state index is -1.07. The molecule has 0 aromatic carbocycles. The minimum Gasteiger partial charge on any atom is -0.478 e. The summed E-state index contributed by atoms with van der Waals surface area (Å²) in [6.07, 6.45) is 2.35. The number of aliphatic carboxylic acids is 1. The molecule has 0 unspecified atom stereocenters. The third kappa shape index (κ3) is 3.69. The monoisotopic (exact) mass is 304 g/mol. The highest BCUT2D eigenvalue weighted by Gasteiger charge is 2.14. The molecule has 0 radical (unpaired) electrons. The number of aryl methyl sites for hydroxylation is 2. The lowest BCUT2D eigenvalue weighted by molar-refractivity contribution is -0.131. The van der Waals surface area contributed by atoms with Crippen LogP contribution < -0.4 is 5.32 Å². The normalized spacial score (nSPS) is 10.8. The molecule has 7 nitrogen and oxygen atoms in total. The number of hydrogen-bond acceptors (Lipinski definition) is 6. The number of anilines is 1. The van der Waals surface area contributed by atoms with Gasteiger partial charge in [-0.05, 0) is 36.9 Å². The van der Waals surface area contributed by atoms with Gasteiger partial charge in [0.15, 0.2) is 0 Å². The van der Waals surface area contributed by atoms with E-state index in [1.54, 1.807) is 25.3 Å². The Morgan fingerprint density at radius 2 is 2.05 bits per heavy atom. The molecule has 0 bridgehead atoms. The Bertz CT molecular complexity index is 724. The lowest BCUT2D eigenvalue weighted by Gasteiger charge is -2.04. The molecule has 108 valence electrons. The number of carbonyl (C=O) groups is 2. The Morgan fingerprint density at radius 1 is 1.29 bits per heavy atom. The number of aromatic nitrogens is 3. The van der Waals surface area contributed by atoms with Crippen LogP contribution in [0.5, 0.6) is 0 Å². The molecule has 0 aliphatic heterocycles. The van der Waals surface area contributed by atoms with Gasteiger partial charge in [-0.2, -0.15) is 5.10 Å². The standard InChI is InChI=1S/C13H12N4O3S/c1-7-8(2)16-17-13(14-7)15-12(20)11-9(5-6-21-11)3-4-10(18)19/h3-6H,1-2H3,(H,18,19)(H,14,15,17,20)/b4-3+. The first-order chi connectivity index (χ1) is 9.97. The van der Waals surface area contributed by atoms with Gasteiger partial charge in [0.05, 0.1) is 16.3 Å². The third-order valence-corrected chi connectivity index (χ3v) is 3.55. The average molecular weight is 304 g/mol. The van der Waals surface area contributed by atoms with Crippen LogP contribution in [0.4, 0.5) is 5.95 Å². The van der Waals surface area contributed by atoms with E-state index < -0.39 is 11.9 Å². The van der Waals surface area contributed by atoms with Crippen LogP contribution in [0.25, 0.3) is 6.08 Å². The van der Waals surface area contributed by atoms with Gasteiger partial charge in [-0.25, -0.2) is 9.78 Å². The Kier molecular flexibility index (Phi) is 4.39. The summed E-state index contributed by atoms with van der Waals surface area (Å²) in [5.41, 5.74) is 1.89. The van der Waals surface area contributed by atoms with Crippen molar-refractivity contribution < 1.29 is 14.7 Å². The van der Waals surface area contributed by atoms with Gasteiger partial charge in [0.25, 0.3) is 5.91 Å².